The number of allylic oxidation sites excluding steroid dienone is 2. The average Bonchev–Trinajstić information content (AvgIpc) is 2.62. The molecule has 3 rings (SSSR count). The topological polar surface area (TPSA) is 60.2 Å². The van der Waals surface area contributed by atoms with Crippen LogP contribution in [-0.2, 0) is 4.79 Å². The second-order valence-corrected chi connectivity index (χ2v) is 7.31. The molecule has 0 fully saturated rings. The Labute approximate surface area is 151 Å². The minimum Gasteiger partial charge on any atom is -0.294 e. The monoisotopic (exact) mass is 353 g/mol. The first-order chi connectivity index (χ1) is 12.1. The van der Waals surface area contributed by atoms with Gasteiger partial charge in [-0.2, -0.15) is 0 Å². The molecule has 1 aliphatic carbocycles. The maximum Gasteiger partial charge on any atom is 0.211 e. The second-order valence-electron chi connectivity index (χ2n) is 6.11. The van der Waals surface area contributed by atoms with Crippen LogP contribution in [0.5, 0.6) is 0 Å². The molecule has 0 spiro atoms. The van der Waals surface area contributed by atoms with E-state index in [1.165, 1.54) is 0 Å². The zero-order valence-electron chi connectivity index (χ0n) is 13.7. The van der Waals surface area contributed by atoms with Crippen LogP contribution in [0, 0.1) is 16.0 Å². The Morgan fingerprint density at radius 1 is 1.08 bits per heavy atom. The molecule has 0 amide bonds. The highest BCUT2D eigenvalue weighted by Gasteiger charge is 2.34. The largest absolute Gasteiger partial charge is 0.294 e. The van der Waals surface area contributed by atoms with E-state index < -0.39 is 0 Å². The van der Waals surface area contributed by atoms with E-state index in [0.717, 1.165) is 21.8 Å². The van der Waals surface area contributed by atoms with Crippen molar-refractivity contribution in [3.05, 3.63) is 87.3 Å². The van der Waals surface area contributed by atoms with Gasteiger partial charge in [0.1, 0.15) is 0 Å². The minimum absolute atomic E-state index is 0.000356. The summed E-state index contributed by atoms with van der Waals surface area (Å²) in [6.07, 6.45) is 3.11. The third kappa shape index (κ3) is 4.57. The summed E-state index contributed by atoms with van der Waals surface area (Å²) in [5, 5.41) is 11.1. The Hall–Kier alpha value is -2.40. The number of ketones is 1. The summed E-state index contributed by atoms with van der Waals surface area (Å²) in [4.78, 5) is 25.6. The van der Waals surface area contributed by atoms with Gasteiger partial charge in [-0.25, -0.2) is 0 Å². The highest BCUT2D eigenvalue weighted by molar-refractivity contribution is 8.03. The molecule has 25 heavy (non-hydrogen) atoms. The summed E-state index contributed by atoms with van der Waals surface area (Å²) in [6.45, 7) is -0.213. The van der Waals surface area contributed by atoms with Crippen molar-refractivity contribution in [2.24, 2.45) is 5.92 Å². The molecule has 0 radical (unpaired) electrons. The summed E-state index contributed by atoms with van der Waals surface area (Å²) in [6, 6.07) is 19.3. The standard InChI is InChI=1S/C20H19NO3S/c22-20-13-17(25-16-9-5-2-6-10-16)11-12-18(20)19(14-21(23)24)15-7-3-1-4-8-15/h1-10,13,18-19H,11-12,14H2. The van der Waals surface area contributed by atoms with E-state index >= 15 is 0 Å². The number of thioether (sulfide) groups is 1. The summed E-state index contributed by atoms with van der Waals surface area (Å²) < 4.78 is 0. The molecule has 2 aromatic rings. The predicted octanol–water partition coefficient (Wildman–Crippen LogP) is 4.70. The van der Waals surface area contributed by atoms with Crippen molar-refractivity contribution in [2.45, 2.75) is 23.7 Å². The van der Waals surface area contributed by atoms with E-state index in [1.807, 2.05) is 60.7 Å². The molecule has 0 heterocycles. The number of carbonyl (C=O) groups is 1. The van der Waals surface area contributed by atoms with E-state index in [9.17, 15) is 14.9 Å². The number of benzene rings is 2. The van der Waals surface area contributed by atoms with Crippen molar-refractivity contribution < 1.29 is 9.72 Å². The first-order valence-corrected chi connectivity index (χ1v) is 9.09. The number of carbonyl (C=O) groups excluding carboxylic acids is 1. The zero-order chi connectivity index (χ0) is 17.6. The Kier molecular flexibility index (Phi) is 5.66. The Balaban J connectivity index is 1.78. The lowest BCUT2D eigenvalue weighted by molar-refractivity contribution is -0.484. The van der Waals surface area contributed by atoms with Gasteiger partial charge in [0.15, 0.2) is 5.78 Å². The highest BCUT2D eigenvalue weighted by atomic mass is 32.2. The summed E-state index contributed by atoms with van der Waals surface area (Å²) >= 11 is 1.60. The fourth-order valence-corrected chi connectivity index (χ4v) is 4.21. The molecule has 0 bridgehead atoms. The van der Waals surface area contributed by atoms with Crippen molar-refractivity contribution in [1.29, 1.82) is 0 Å². The first-order valence-electron chi connectivity index (χ1n) is 8.27. The SMILES string of the molecule is O=C1C=C(Sc2ccccc2)CCC1C(C[N+](=O)[O-])c1ccccc1. The lowest BCUT2D eigenvalue weighted by atomic mass is 9.78. The van der Waals surface area contributed by atoms with E-state index in [1.54, 1.807) is 17.8 Å². The molecule has 128 valence electrons. The number of nitro groups is 1. The van der Waals surface area contributed by atoms with Crippen LogP contribution in [0.25, 0.3) is 0 Å². The molecule has 5 heteroatoms. The van der Waals surface area contributed by atoms with Crippen molar-refractivity contribution in [3.8, 4) is 0 Å². The molecule has 0 aromatic heterocycles. The predicted molar refractivity (Wildman–Crippen MR) is 99.2 cm³/mol. The van der Waals surface area contributed by atoms with Crippen molar-refractivity contribution >= 4 is 17.5 Å². The maximum absolute atomic E-state index is 12.7. The molecular weight excluding hydrogens is 334 g/mol. The molecule has 0 saturated heterocycles. The third-order valence-electron chi connectivity index (χ3n) is 4.42. The molecule has 0 N–H and O–H groups in total. The Morgan fingerprint density at radius 2 is 1.72 bits per heavy atom. The van der Waals surface area contributed by atoms with Crippen LogP contribution in [-0.4, -0.2) is 17.3 Å². The molecule has 0 saturated carbocycles. The quantitative estimate of drug-likeness (QED) is 0.558. The van der Waals surface area contributed by atoms with Gasteiger partial charge in [0, 0.05) is 15.7 Å². The number of hydrogen-bond donors (Lipinski definition) is 0. The van der Waals surface area contributed by atoms with Gasteiger partial charge in [-0.05, 0) is 41.5 Å². The van der Waals surface area contributed by atoms with Gasteiger partial charge < -0.3 is 0 Å². The van der Waals surface area contributed by atoms with Crippen LogP contribution in [0.3, 0.4) is 0 Å². The van der Waals surface area contributed by atoms with Gasteiger partial charge in [-0.1, -0.05) is 60.3 Å². The van der Waals surface area contributed by atoms with Crippen LogP contribution in [0.15, 0.2) is 76.5 Å². The van der Waals surface area contributed by atoms with Crippen LogP contribution in [0.2, 0.25) is 0 Å². The van der Waals surface area contributed by atoms with Crippen molar-refractivity contribution in [2.75, 3.05) is 6.54 Å². The van der Waals surface area contributed by atoms with Gasteiger partial charge >= 0.3 is 0 Å². The highest BCUT2D eigenvalue weighted by Crippen LogP contribution is 2.39. The third-order valence-corrected chi connectivity index (χ3v) is 5.51. The van der Waals surface area contributed by atoms with E-state index in [0.29, 0.717) is 6.42 Å². The van der Waals surface area contributed by atoms with E-state index in [-0.39, 0.29) is 29.1 Å². The molecule has 0 aliphatic heterocycles. The van der Waals surface area contributed by atoms with Gasteiger partial charge in [0.05, 0.1) is 5.92 Å². The Morgan fingerprint density at radius 3 is 2.32 bits per heavy atom. The molecule has 2 unspecified atom stereocenters. The smallest absolute Gasteiger partial charge is 0.211 e. The molecule has 2 atom stereocenters. The molecule has 1 aliphatic rings. The van der Waals surface area contributed by atoms with Crippen molar-refractivity contribution in [3.63, 3.8) is 0 Å². The number of nitrogens with zero attached hydrogens (tertiary/aromatic N) is 1. The zero-order valence-corrected chi connectivity index (χ0v) is 14.5. The van der Waals surface area contributed by atoms with Crippen molar-refractivity contribution in [1.82, 2.24) is 0 Å². The maximum atomic E-state index is 12.7. The van der Waals surface area contributed by atoms with Gasteiger partial charge in [0.2, 0.25) is 6.54 Å². The first kappa shape index (κ1) is 17.4. The van der Waals surface area contributed by atoms with Crippen LogP contribution >= 0.6 is 11.8 Å². The Bertz CT molecular complexity index is 774. The van der Waals surface area contributed by atoms with E-state index in [4.69, 9.17) is 0 Å². The van der Waals surface area contributed by atoms with Gasteiger partial charge in [-0.15, -0.1) is 0 Å². The van der Waals surface area contributed by atoms with Crippen LogP contribution in [0.4, 0.5) is 0 Å². The number of rotatable bonds is 6. The lowest BCUT2D eigenvalue weighted by Gasteiger charge is -2.26. The van der Waals surface area contributed by atoms with E-state index in [2.05, 4.69) is 0 Å². The summed E-state index contributed by atoms with van der Waals surface area (Å²) in [5.74, 6) is -0.698. The fraction of sp³-hybridized carbons (Fsp3) is 0.250. The second kappa shape index (κ2) is 8.12. The lowest BCUT2D eigenvalue weighted by Crippen LogP contribution is -2.29. The summed E-state index contributed by atoms with van der Waals surface area (Å²) in [7, 11) is 0. The average molecular weight is 353 g/mol. The summed E-state index contributed by atoms with van der Waals surface area (Å²) in [5.41, 5.74) is 0.866. The fourth-order valence-electron chi connectivity index (χ4n) is 3.22. The molecule has 4 nitrogen and oxygen atoms in total. The van der Waals surface area contributed by atoms with Gasteiger partial charge in [-0.3, -0.25) is 14.9 Å². The van der Waals surface area contributed by atoms with Crippen LogP contribution in [0.1, 0.15) is 24.3 Å². The normalized spacial score (nSPS) is 18.5. The van der Waals surface area contributed by atoms with Crippen LogP contribution < -0.4 is 0 Å². The molecule has 2 aromatic carbocycles. The van der Waals surface area contributed by atoms with Gasteiger partial charge in [0.25, 0.3) is 0 Å². The molecular formula is C20H19NO3S. The number of hydrogen-bond acceptors (Lipinski definition) is 4. The minimum atomic E-state index is -0.372.